The minimum Gasteiger partial charge on any atom is -0.490 e. The summed E-state index contributed by atoms with van der Waals surface area (Å²) in [5, 5.41) is 6.25. The second kappa shape index (κ2) is 6.58. The molecule has 0 amide bonds. The van der Waals surface area contributed by atoms with Crippen LogP contribution in [-0.2, 0) is 6.42 Å². The zero-order valence-electron chi connectivity index (χ0n) is 11.2. The van der Waals surface area contributed by atoms with Gasteiger partial charge in [-0.2, -0.15) is 0 Å². The summed E-state index contributed by atoms with van der Waals surface area (Å²) in [7, 11) is 3.42. The van der Waals surface area contributed by atoms with Crippen LogP contribution in [0.2, 0.25) is 0 Å². The molecular formula is C14H18N4O. The monoisotopic (exact) mass is 258 g/mol. The first-order valence-corrected chi connectivity index (χ1v) is 6.19. The van der Waals surface area contributed by atoms with Gasteiger partial charge in [0, 0.05) is 13.6 Å². The van der Waals surface area contributed by atoms with E-state index in [1.165, 1.54) is 11.9 Å². The molecule has 1 aromatic carbocycles. The first kappa shape index (κ1) is 13.1. The third kappa shape index (κ3) is 3.34. The zero-order chi connectivity index (χ0) is 13.5. The summed E-state index contributed by atoms with van der Waals surface area (Å²) in [6.45, 7) is 0.792. The standard InChI is InChI=1S/C14H18N4O/c1-15-13-12(19-2)14(18-10-17-13)16-9-8-11-6-4-3-5-7-11/h3-7,10H,8-9H2,1-2H3,(H2,15,16,17,18). The van der Waals surface area contributed by atoms with Crippen molar-refractivity contribution >= 4 is 11.6 Å². The lowest BCUT2D eigenvalue weighted by Crippen LogP contribution is -2.09. The Labute approximate surface area is 113 Å². The van der Waals surface area contributed by atoms with Gasteiger partial charge in [0.15, 0.2) is 11.6 Å². The molecule has 0 spiro atoms. The molecule has 0 saturated carbocycles. The molecule has 0 radical (unpaired) electrons. The molecule has 0 saturated heterocycles. The Morgan fingerprint density at radius 3 is 2.53 bits per heavy atom. The number of hydrogen-bond donors (Lipinski definition) is 2. The predicted octanol–water partition coefficient (Wildman–Crippen LogP) is 2.18. The van der Waals surface area contributed by atoms with Gasteiger partial charge in [-0.3, -0.25) is 0 Å². The summed E-state index contributed by atoms with van der Waals surface area (Å²) in [6, 6.07) is 10.3. The Hall–Kier alpha value is -2.30. The van der Waals surface area contributed by atoms with Gasteiger partial charge < -0.3 is 15.4 Å². The average molecular weight is 258 g/mol. The first-order chi connectivity index (χ1) is 9.35. The second-order valence-corrected chi connectivity index (χ2v) is 4.02. The molecule has 1 heterocycles. The molecule has 0 bridgehead atoms. The maximum Gasteiger partial charge on any atom is 0.204 e. The highest BCUT2D eigenvalue weighted by molar-refractivity contribution is 5.63. The van der Waals surface area contributed by atoms with Crippen LogP contribution in [0.15, 0.2) is 36.7 Å². The molecule has 2 N–H and O–H groups in total. The van der Waals surface area contributed by atoms with Crippen molar-refractivity contribution < 1.29 is 4.74 Å². The second-order valence-electron chi connectivity index (χ2n) is 4.02. The number of benzene rings is 1. The Kier molecular flexibility index (Phi) is 4.55. The summed E-state index contributed by atoms with van der Waals surface area (Å²) in [4.78, 5) is 8.31. The van der Waals surface area contributed by atoms with Crippen LogP contribution in [0.4, 0.5) is 11.6 Å². The molecule has 0 unspecified atom stereocenters. The van der Waals surface area contributed by atoms with E-state index in [0.29, 0.717) is 17.4 Å². The van der Waals surface area contributed by atoms with E-state index in [1.807, 2.05) is 18.2 Å². The number of nitrogens with one attached hydrogen (secondary N) is 2. The highest BCUT2D eigenvalue weighted by atomic mass is 16.5. The van der Waals surface area contributed by atoms with Gasteiger partial charge in [0.05, 0.1) is 7.11 Å². The number of rotatable bonds is 6. The minimum atomic E-state index is 0.637. The molecule has 19 heavy (non-hydrogen) atoms. The fourth-order valence-electron chi connectivity index (χ4n) is 1.84. The Balaban J connectivity index is 2.00. The van der Waals surface area contributed by atoms with Gasteiger partial charge in [-0.05, 0) is 12.0 Å². The van der Waals surface area contributed by atoms with E-state index in [2.05, 4.69) is 32.7 Å². The van der Waals surface area contributed by atoms with Crippen LogP contribution < -0.4 is 15.4 Å². The number of aromatic nitrogens is 2. The molecule has 5 heteroatoms. The SMILES string of the molecule is CNc1ncnc(NCCc2ccccc2)c1OC. The average Bonchev–Trinajstić information content (AvgIpc) is 2.48. The van der Waals surface area contributed by atoms with Crippen LogP contribution in [0.5, 0.6) is 5.75 Å². The van der Waals surface area contributed by atoms with Crippen molar-refractivity contribution in [3.05, 3.63) is 42.2 Å². The zero-order valence-corrected chi connectivity index (χ0v) is 11.2. The molecule has 5 nitrogen and oxygen atoms in total. The van der Waals surface area contributed by atoms with E-state index in [1.54, 1.807) is 14.2 Å². The van der Waals surface area contributed by atoms with E-state index < -0.39 is 0 Å². The van der Waals surface area contributed by atoms with Crippen LogP contribution in [0.25, 0.3) is 0 Å². The van der Waals surface area contributed by atoms with Crippen molar-refractivity contribution in [3.8, 4) is 5.75 Å². The van der Waals surface area contributed by atoms with Crippen molar-refractivity contribution in [2.75, 3.05) is 31.3 Å². The van der Waals surface area contributed by atoms with Gasteiger partial charge in [-0.25, -0.2) is 9.97 Å². The van der Waals surface area contributed by atoms with Crippen molar-refractivity contribution in [3.63, 3.8) is 0 Å². The molecule has 0 aliphatic carbocycles. The smallest absolute Gasteiger partial charge is 0.204 e. The largest absolute Gasteiger partial charge is 0.490 e. The highest BCUT2D eigenvalue weighted by Gasteiger charge is 2.09. The van der Waals surface area contributed by atoms with E-state index in [0.717, 1.165) is 13.0 Å². The molecule has 2 rings (SSSR count). The first-order valence-electron chi connectivity index (χ1n) is 6.19. The van der Waals surface area contributed by atoms with Crippen molar-refractivity contribution in [1.82, 2.24) is 9.97 Å². The number of hydrogen-bond acceptors (Lipinski definition) is 5. The Morgan fingerprint density at radius 2 is 1.84 bits per heavy atom. The van der Waals surface area contributed by atoms with Crippen molar-refractivity contribution in [1.29, 1.82) is 0 Å². The van der Waals surface area contributed by atoms with Gasteiger partial charge in [0.2, 0.25) is 5.75 Å². The summed E-state index contributed by atoms with van der Waals surface area (Å²) < 4.78 is 5.32. The van der Waals surface area contributed by atoms with Crippen LogP contribution in [0.3, 0.4) is 0 Å². The van der Waals surface area contributed by atoms with E-state index in [9.17, 15) is 0 Å². The molecular weight excluding hydrogens is 240 g/mol. The summed E-state index contributed by atoms with van der Waals surface area (Å²) in [6.07, 6.45) is 2.45. The lowest BCUT2D eigenvalue weighted by atomic mass is 10.1. The maximum absolute atomic E-state index is 5.32. The maximum atomic E-state index is 5.32. The van der Waals surface area contributed by atoms with Crippen LogP contribution >= 0.6 is 0 Å². The molecule has 2 aromatic rings. The van der Waals surface area contributed by atoms with Crippen LogP contribution in [0.1, 0.15) is 5.56 Å². The van der Waals surface area contributed by atoms with Gasteiger partial charge in [0.1, 0.15) is 6.33 Å². The molecule has 0 atom stereocenters. The highest BCUT2D eigenvalue weighted by Crippen LogP contribution is 2.28. The van der Waals surface area contributed by atoms with Crippen LogP contribution in [-0.4, -0.2) is 30.7 Å². The predicted molar refractivity (Wildman–Crippen MR) is 76.8 cm³/mol. The fourth-order valence-corrected chi connectivity index (χ4v) is 1.84. The molecule has 0 fully saturated rings. The van der Waals surface area contributed by atoms with E-state index >= 15 is 0 Å². The quantitative estimate of drug-likeness (QED) is 0.831. The lowest BCUT2D eigenvalue weighted by molar-refractivity contribution is 0.415. The number of anilines is 2. The van der Waals surface area contributed by atoms with E-state index in [-0.39, 0.29) is 0 Å². The Bertz CT molecular complexity index is 516. The van der Waals surface area contributed by atoms with Gasteiger partial charge in [-0.1, -0.05) is 30.3 Å². The third-order valence-corrected chi connectivity index (χ3v) is 2.79. The van der Waals surface area contributed by atoms with Crippen LogP contribution in [0, 0.1) is 0 Å². The minimum absolute atomic E-state index is 0.637. The molecule has 100 valence electrons. The topological polar surface area (TPSA) is 59.1 Å². The number of ether oxygens (including phenoxy) is 1. The molecule has 0 aliphatic rings. The number of methoxy groups -OCH3 is 1. The molecule has 1 aromatic heterocycles. The van der Waals surface area contributed by atoms with Crippen molar-refractivity contribution in [2.24, 2.45) is 0 Å². The Morgan fingerprint density at radius 1 is 1.11 bits per heavy atom. The lowest BCUT2D eigenvalue weighted by Gasteiger charge is -2.12. The van der Waals surface area contributed by atoms with Gasteiger partial charge >= 0.3 is 0 Å². The van der Waals surface area contributed by atoms with Crippen molar-refractivity contribution in [2.45, 2.75) is 6.42 Å². The number of nitrogens with zero attached hydrogens (tertiary/aromatic N) is 2. The molecule has 0 aliphatic heterocycles. The van der Waals surface area contributed by atoms with Gasteiger partial charge in [0.25, 0.3) is 0 Å². The summed E-state index contributed by atoms with van der Waals surface area (Å²) in [5.74, 6) is 2.02. The summed E-state index contributed by atoms with van der Waals surface area (Å²) in [5.41, 5.74) is 1.29. The van der Waals surface area contributed by atoms with E-state index in [4.69, 9.17) is 4.74 Å². The summed E-state index contributed by atoms with van der Waals surface area (Å²) >= 11 is 0. The normalized spacial score (nSPS) is 10.0. The van der Waals surface area contributed by atoms with Gasteiger partial charge in [-0.15, -0.1) is 0 Å². The fraction of sp³-hybridized carbons (Fsp3) is 0.286. The third-order valence-electron chi connectivity index (χ3n) is 2.79.